The maximum atomic E-state index is 12.6. The molecule has 1 amide bonds. The van der Waals surface area contributed by atoms with Crippen molar-refractivity contribution < 1.29 is 4.79 Å². The van der Waals surface area contributed by atoms with Crippen LogP contribution in [0.1, 0.15) is 59.3 Å². The maximum absolute atomic E-state index is 12.6. The van der Waals surface area contributed by atoms with Gasteiger partial charge < -0.3 is 11.1 Å². The third-order valence-electron chi connectivity index (χ3n) is 5.82. The van der Waals surface area contributed by atoms with Crippen LogP contribution in [0.15, 0.2) is 0 Å². The zero-order chi connectivity index (χ0) is 14.1. The Kier molecular flexibility index (Phi) is 4.24. The molecule has 2 rings (SSSR count). The standard InChI is InChI=1S/C16H30N2O/c1-12(2)16(8-9-16)11-18-14(19)15(10-17)6-4-13(3)5-7-15/h12-13H,4-11,17H2,1-3H3,(H,18,19). The quantitative estimate of drug-likeness (QED) is 0.804. The first kappa shape index (κ1) is 14.8. The summed E-state index contributed by atoms with van der Waals surface area (Å²) < 4.78 is 0. The second kappa shape index (κ2) is 5.43. The van der Waals surface area contributed by atoms with Crippen LogP contribution >= 0.6 is 0 Å². The molecule has 2 fully saturated rings. The van der Waals surface area contributed by atoms with Crippen LogP contribution in [0.3, 0.4) is 0 Å². The highest BCUT2D eigenvalue weighted by atomic mass is 16.2. The lowest BCUT2D eigenvalue weighted by atomic mass is 9.70. The number of carbonyl (C=O) groups is 1. The summed E-state index contributed by atoms with van der Waals surface area (Å²) in [6.07, 6.45) is 6.73. The number of nitrogens with one attached hydrogen (secondary N) is 1. The Balaban J connectivity index is 1.91. The predicted molar refractivity (Wildman–Crippen MR) is 78.6 cm³/mol. The molecule has 0 aromatic rings. The third-order valence-corrected chi connectivity index (χ3v) is 5.82. The van der Waals surface area contributed by atoms with E-state index in [-0.39, 0.29) is 11.3 Å². The molecule has 2 aliphatic rings. The van der Waals surface area contributed by atoms with E-state index in [0.29, 0.717) is 17.9 Å². The Morgan fingerprint density at radius 3 is 2.26 bits per heavy atom. The molecular formula is C16H30N2O. The van der Waals surface area contributed by atoms with Crippen LogP contribution in [0.5, 0.6) is 0 Å². The third kappa shape index (κ3) is 2.96. The summed E-state index contributed by atoms with van der Waals surface area (Å²) in [5.41, 5.74) is 6.04. The first-order valence-electron chi connectivity index (χ1n) is 7.92. The van der Waals surface area contributed by atoms with E-state index in [0.717, 1.165) is 38.1 Å². The summed E-state index contributed by atoms with van der Waals surface area (Å²) >= 11 is 0. The van der Waals surface area contributed by atoms with Gasteiger partial charge in [0.15, 0.2) is 0 Å². The van der Waals surface area contributed by atoms with E-state index in [2.05, 4.69) is 26.1 Å². The van der Waals surface area contributed by atoms with Gasteiger partial charge in [-0.2, -0.15) is 0 Å². The molecule has 0 radical (unpaired) electrons. The van der Waals surface area contributed by atoms with Crippen LogP contribution in [0.25, 0.3) is 0 Å². The topological polar surface area (TPSA) is 55.1 Å². The molecule has 2 aliphatic carbocycles. The molecule has 0 bridgehead atoms. The van der Waals surface area contributed by atoms with Gasteiger partial charge in [-0.3, -0.25) is 4.79 Å². The van der Waals surface area contributed by atoms with Crippen molar-refractivity contribution in [1.29, 1.82) is 0 Å². The highest BCUT2D eigenvalue weighted by Gasteiger charge is 2.47. The average molecular weight is 266 g/mol. The molecule has 2 saturated carbocycles. The molecule has 0 unspecified atom stereocenters. The molecule has 0 saturated heterocycles. The van der Waals surface area contributed by atoms with Crippen molar-refractivity contribution in [3.8, 4) is 0 Å². The van der Waals surface area contributed by atoms with E-state index in [1.54, 1.807) is 0 Å². The summed E-state index contributed by atoms with van der Waals surface area (Å²) in [5.74, 6) is 1.62. The summed E-state index contributed by atoms with van der Waals surface area (Å²) in [6, 6.07) is 0. The SMILES string of the molecule is CC1CCC(CN)(C(=O)NCC2(C(C)C)CC2)CC1. The van der Waals surface area contributed by atoms with Gasteiger partial charge in [0.1, 0.15) is 0 Å². The van der Waals surface area contributed by atoms with Crippen molar-refractivity contribution in [3.63, 3.8) is 0 Å². The Morgan fingerprint density at radius 1 is 1.26 bits per heavy atom. The van der Waals surface area contributed by atoms with Gasteiger partial charge in [-0.15, -0.1) is 0 Å². The Labute approximate surface area is 117 Å². The number of hydrogen-bond donors (Lipinski definition) is 2. The minimum absolute atomic E-state index is 0.217. The van der Waals surface area contributed by atoms with Crippen molar-refractivity contribution in [2.45, 2.75) is 59.3 Å². The van der Waals surface area contributed by atoms with E-state index in [1.807, 2.05) is 0 Å². The molecule has 0 heterocycles. The zero-order valence-corrected chi connectivity index (χ0v) is 12.8. The smallest absolute Gasteiger partial charge is 0.227 e. The molecule has 0 aliphatic heterocycles. The summed E-state index contributed by atoms with van der Waals surface area (Å²) in [7, 11) is 0. The molecule has 0 aromatic carbocycles. The van der Waals surface area contributed by atoms with Crippen LogP contribution in [-0.4, -0.2) is 19.0 Å². The van der Waals surface area contributed by atoms with Crippen molar-refractivity contribution in [3.05, 3.63) is 0 Å². The highest BCUT2D eigenvalue weighted by molar-refractivity contribution is 5.83. The lowest BCUT2D eigenvalue weighted by Gasteiger charge is -2.37. The van der Waals surface area contributed by atoms with Gasteiger partial charge in [-0.25, -0.2) is 0 Å². The van der Waals surface area contributed by atoms with Gasteiger partial charge in [0, 0.05) is 13.1 Å². The fourth-order valence-electron chi connectivity index (χ4n) is 3.40. The largest absolute Gasteiger partial charge is 0.355 e. The number of rotatable bonds is 5. The van der Waals surface area contributed by atoms with Gasteiger partial charge in [0.05, 0.1) is 5.41 Å². The van der Waals surface area contributed by atoms with Crippen LogP contribution in [0.2, 0.25) is 0 Å². The van der Waals surface area contributed by atoms with Crippen LogP contribution < -0.4 is 11.1 Å². The summed E-state index contributed by atoms with van der Waals surface area (Å²) in [5, 5.41) is 3.22. The van der Waals surface area contributed by atoms with Crippen molar-refractivity contribution in [2.24, 2.45) is 28.4 Å². The minimum Gasteiger partial charge on any atom is -0.355 e. The fourth-order valence-corrected chi connectivity index (χ4v) is 3.40. The number of carbonyl (C=O) groups excluding carboxylic acids is 1. The zero-order valence-electron chi connectivity index (χ0n) is 12.8. The first-order chi connectivity index (χ1) is 8.94. The molecule has 0 atom stereocenters. The Bertz CT molecular complexity index is 326. The number of amides is 1. The van der Waals surface area contributed by atoms with Crippen molar-refractivity contribution >= 4 is 5.91 Å². The molecule has 19 heavy (non-hydrogen) atoms. The summed E-state index contributed by atoms with van der Waals surface area (Å²) in [4.78, 5) is 12.6. The van der Waals surface area contributed by atoms with Crippen LogP contribution in [0.4, 0.5) is 0 Å². The Morgan fingerprint density at radius 2 is 1.84 bits per heavy atom. The molecule has 110 valence electrons. The van der Waals surface area contributed by atoms with Crippen molar-refractivity contribution in [2.75, 3.05) is 13.1 Å². The maximum Gasteiger partial charge on any atom is 0.227 e. The average Bonchev–Trinajstić information content (AvgIpc) is 3.18. The van der Waals surface area contributed by atoms with Gasteiger partial charge in [-0.1, -0.05) is 20.8 Å². The molecule has 3 nitrogen and oxygen atoms in total. The predicted octanol–water partition coefficient (Wildman–Crippen LogP) is 2.69. The highest BCUT2D eigenvalue weighted by Crippen LogP contribution is 2.51. The minimum atomic E-state index is -0.278. The second-order valence-corrected chi connectivity index (χ2v) is 7.37. The molecule has 3 heteroatoms. The molecule has 3 N–H and O–H groups in total. The van der Waals surface area contributed by atoms with E-state index in [9.17, 15) is 4.79 Å². The van der Waals surface area contributed by atoms with E-state index in [4.69, 9.17) is 5.73 Å². The molecule has 0 spiro atoms. The van der Waals surface area contributed by atoms with E-state index < -0.39 is 0 Å². The fraction of sp³-hybridized carbons (Fsp3) is 0.938. The van der Waals surface area contributed by atoms with Gasteiger partial charge in [-0.05, 0) is 55.8 Å². The second-order valence-electron chi connectivity index (χ2n) is 7.37. The van der Waals surface area contributed by atoms with Gasteiger partial charge in [0.2, 0.25) is 5.91 Å². The van der Waals surface area contributed by atoms with Crippen LogP contribution in [-0.2, 0) is 4.79 Å². The monoisotopic (exact) mass is 266 g/mol. The first-order valence-corrected chi connectivity index (χ1v) is 7.92. The van der Waals surface area contributed by atoms with Gasteiger partial charge in [0.25, 0.3) is 0 Å². The van der Waals surface area contributed by atoms with E-state index >= 15 is 0 Å². The van der Waals surface area contributed by atoms with Crippen LogP contribution in [0, 0.1) is 22.7 Å². The normalized spacial score (nSPS) is 33.2. The molecule has 0 aromatic heterocycles. The molecular weight excluding hydrogens is 236 g/mol. The Hall–Kier alpha value is -0.570. The van der Waals surface area contributed by atoms with Gasteiger partial charge >= 0.3 is 0 Å². The van der Waals surface area contributed by atoms with E-state index in [1.165, 1.54) is 12.8 Å². The lowest BCUT2D eigenvalue weighted by molar-refractivity contribution is -0.133. The lowest BCUT2D eigenvalue weighted by Crippen LogP contribution is -2.49. The van der Waals surface area contributed by atoms with Crippen molar-refractivity contribution in [1.82, 2.24) is 5.32 Å². The number of hydrogen-bond acceptors (Lipinski definition) is 2. The number of nitrogens with two attached hydrogens (primary N) is 1. The summed E-state index contributed by atoms with van der Waals surface area (Å²) in [6.45, 7) is 8.15.